The second-order valence-corrected chi connectivity index (χ2v) is 23.7. The molecule has 0 saturated heterocycles. The summed E-state index contributed by atoms with van der Waals surface area (Å²) in [5, 5.41) is 0. The van der Waals surface area contributed by atoms with Gasteiger partial charge in [-0.1, -0.05) is 244 Å². The zero-order valence-corrected chi connectivity index (χ0v) is 53.1. The highest BCUT2D eigenvalue weighted by atomic mass is 16.6. The van der Waals surface area contributed by atoms with Gasteiger partial charge >= 0.3 is 35.8 Å². The Balaban J connectivity index is 1.71. The molecule has 0 saturated carbocycles. The second kappa shape index (κ2) is 48.9. The van der Waals surface area contributed by atoms with Crippen molar-refractivity contribution in [3.63, 3.8) is 0 Å². The van der Waals surface area contributed by atoms with Crippen LogP contribution in [0.3, 0.4) is 0 Å². The summed E-state index contributed by atoms with van der Waals surface area (Å²) in [6.07, 6.45) is 45.3. The molecule has 0 fully saturated rings. The summed E-state index contributed by atoms with van der Waals surface area (Å²) >= 11 is 0. The highest BCUT2D eigenvalue weighted by molar-refractivity contribution is 5.99. The molecule has 1 unspecified atom stereocenters. The maximum Gasteiger partial charge on any atom is 0.342 e. The highest BCUT2D eigenvalue weighted by Crippen LogP contribution is 2.43. The minimum Gasteiger partial charge on any atom is -0.496 e. The maximum atomic E-state index is 13.2. The van der Waals surface area contributed by atoms with Gasteiger partial charge in [-0.3, -0.25) is 24.0 Å². The quantitative estimate of drug-likeness (QED) is 0.0199. The van der Waals surface area contributed by atoms with E-state index in [1.165, 1.54) is 136 Å². The Kier molecular flexibility index (Phi) is 43.9. The molecule has 1 aliphatic rings. The van der Waals surface area contributed by atoms with Gasteiger partial charge in [0.15, 0.2) is 11.9 Å². The Morgan fingerprint density at radius 1 is 0.512 bits per heavy atom. The molecule has 1 aromatic rings. The van der Waals surface area contributed by atoms with Crippen LogP contribution in [0.5, 0.6) is 11.5 Å². The fraction of sp³-hybridized carbons (Fsp3) is 0.797. The Bertz CT molecular complexity index is 1890. The molecule has 1 aliphatic heterocycles. The van der Waals surface area contributed by atoms with Gasteiger partial charge in [-0.05, 0) is 57.4 Å². The van der Waals surface area contributed by atoms with E-state index in [-0.39, 0.29) is 80.2 Å². The van der Waals surface area contributed by atoms with Crippen molar-refractivity contribution in [1.29, 1.82) is 0 Å². The average Bonchev–Trinajstić information content (AvgIpc) is 4.02. The highest BCUT2D eigenvalue weighted by Gasteiger charge is 2.34. The Hall–Kier alpha value is -4.42. The van der Waals surface area contributed by atoms with Crippen LogP contribution < -0.4 is 9.47 Å². The van der Waals surface area contributed by atoms with Gasteiger partial charge in [-0.15, -0.1) is 0 Å². The van der Waals surface area contributed by atoms with E-state index in [1.807, 2.05) is 19.9 Å². The third-order valence-corrected chi connectivity index (χ3v) is 16.2. The van der Waals surface area contributed by atoms with Crippen LogP contribution in [0.15, 0.2) is 11.6 Å². The van der Waals surface area contributed by atoms with Crippen molar-refractivity contribution in [1.82, 2.24) is 0 Å². The molecule has 0 N–H and O–H groups in total. The van der Waals surface area contributed by atoms with E-state index in [4.69, 9.17) is 33.2 Å². The zero-order chi connectivity index (χ0) is 59.8. The minimum atomic E-state index is -0.838. The lowest BCUT2D eigenvalue weighted by molar-refractivity contribution is -0.167. The number of methoxy groups -OCH3 is 2. The predicted octanol–water partition coefficient (Wildman–Crippen LogP) is 18.3. The number of carbonyl (C=O) groups excluding carboxylic acids is 6. The van der Waals surface area contributed by atoms with E-state index < -0.39 is 18.0 Å². The monoisotopic (exact) mass is 1150 g/mol. The Labute approximate surface area is 497 Å². The van der Waals surface area contributed by atoms with Gasteiger partial charge < -0.3 is 33.2 Å². The molecule has 82 heavy (non-hydrogen) atoms. The lowest BCUT2D eigenvalue weighted by atomic mass is 9.94. The van der Waals surface area contributed by atoms with Crippen molar-refractivity contribution in [2.45, 2.75) is 323 Å². The third-order valence-electron chi connectivity index (χ3n) is 16.2. The summed E-state index contributed by atoms with van der Waals surface area (Å²) in [5.41, 5.74) is 3.27. The molecule has 2 rings (SSSR count). The fourth-order valence-electron chi connectivity index (χ4n) is 10.9. The molecule has 470 valence electrons. The van der Waals surface area contributed by atoms with Crippen LogP contribution in [0.4, 0.5) is 0 Å². The number of hydrogen-bond acceptors (Lipinski definition) is 13. The molecule has 0 spiro atoms. The number of rotatable bonds is 54. The van der Waals surface area contributed by atoms with E-state index in [1.54, 1.807) is 7.11 Å². The van der Waals surface area contributed by atoms with Crippen molar-refractivity contribution in [2.24, 2.45) is 5.92 Å². The van der Waals surface area contributed by atoms with Gasteiger partial charge in [0.2, 0.25) is 0 Å². The molecule has 0 radical (unpaired) electrons. The van der Waals surface area contributed by atoms with Gasteiger partial charge in [0.05, 0.1) is 14.2 Å². The lowest BCUT2D eigenvalue weighted by Crippen LogP contribution is -2.31. The summed E-state index contributed by atoms with van der Waals surface area (Å²) in [4.78, 5) is 76.6. The number of fused-ring (bicyclic) bond motifs is 1. The molecule has 1 aromatic carbocycles. The van der Waals surface area contributed by atoms with Crippen LogP contribution in [0.1, 0.15) is 324 Å². The first-order valence-electron chi connectivity index (χ1n) is 33.2. The maximum absolute atomic E-state index is 13.2. The third kappa shape index (κ3) is 35.7. The molecule has 13 heteroatoms. The SMILES string of the molecule is CCCCCCCCCCCCCCCC(=O)OCC(COC(=O)CCCCCCCCCCCCCCC)OC(=O)CC(C)CCCCCCCCCCCC(=O)Oc1c(CC=C(C)CCC(=O)OC)c(OC)c(C)c2c1C(=O)OC2. The molecule has 0 amide bonds. The van der Waals surface area contributed by atoms with E-state index in [0.29, 0.717) is 49.0 Å². The first kappa shape index (κ1) is 73.7. The molecule has 13 nitrogen and oxygen atoms in total. The van der Waals surface area contributed by atoms with Crippen molar-refractivity contribution >= 4 is 35.8 Å². The van der Waals surface area contributed by atoms with Crippen LogP contribution in [0, 0.1) is 12.8 Å². The molecule has 0 bridgehead atoms. The van der Waals surface area contributed by atoms with Crippen LogP contribution in [-0.2, 0) is 60.7 Å². The standard InChI is InChI=1S/C69H116O13/c1-8-10-12-14-16-18-20-22-24-28-32-36-40-44-62(71)78-52-58(53-79-63(72)45-41-37-33-29-25-23-21-19-17-15-13-11-9-2)81-65(74)51-56(4)43-39-35-31-27-26-30-34-38-42-46-64(73)82-68-59(49-47-55(3)48-50-61(70)76-6)67(77-7)57(5)60-54-80-69(75)66(60)68/h47,56,58H,8-46,48-54H2,1-7H3. The molecule has 1 heterocycles. The number of allylic oxidation sites excluding steroid dienone is 2. The van der Waals surface area contributed by atoms with Crippen LogP contribution >= 0.6 is 0 Å². The van der Waals surface area contributed by atoms with E-state index in [2.05, 4.69) is 20.8 Å². The van der Waals surface area contributed by atoms with Gasteiger partial charge in [-0.2, -0.15) is 0 Å². The smallest absolute Gasteiger partial charge is 0.342 e. The number of carbonyl (C=O) groups is 6. The van der Waals surface area contributed by atoms with Crippen molar-refractivity contribution in [3.8, 4) is 11.5 Å². The fourth-order valence-corrected chi connectivity index (χ4v) is 10.9. The molecule has 0 aliphatic carbocycles. The van der Waals surface area contributed by atoms with E-state index in [9.17, 15) is 28.8 Å². The summed E-state index contributed by atoms with van der Waals surface area (Å²) in [5.74, 6) is -1.35. The summed E-state index contributed by atoms with van der Waals surface area (Å²) in [7, 11) is 2.92. The number of ether oxygens (including phenoxy) is 7. The normalized spacial score (nSPS) is 12.5. The minimum absolute atomic E-state index is 0.0918. The van der Waals surface area contributed by atoms with Crippen LogP contribution in [0.2, 0.25) is 0 Å². The number of hydrogen-bond donors (Lipinski definition) is 0. The van der Waals surface area contributed by atoms with Gasteiger partial charge in [-0.25, -0.2) is 4.79 Å². The van der Waals surface area contributed by atoms with E-state index >= 15 is 0 Å². The van der Waals surface area contributed by atoms with Gasteiger partial charge in [0.1, 0.15) is 31.1 Å². The van der Waals surface area contributed by atoms with E-state index in [0.717, 1.165) is 107 Å². The van der Waals surface area contributed by atoms with Crippen molar-refractivity contribution < 1.29 is 61.9 Å². The summed E-state index contributed by atoms with van der Waals surface area (Å²) < 4.78 is 38.9. The second-order valence-electron chi connectivity index (χ2n) is 23.7. The number of unbranched alkanes of at least 4 members (excludes halogenated alkanes) is 32. The largest absolute Gasteiger partial charge is 0.496 e. The molecular weight excluding hydrogens is 1040 g/mol. The Morgan fingerprint density at radius 3 is 1.35 bits per heavy atom. The van der Waals surface area contributed by atoms with Crippen molar-refractivity contribution in [3.05, 3.63) is 33.9 Å². The number of benzene rings is 1. The number of cyclic esters (lactones) is 1. The molecule has 1 atom stereocenters. The van der Waals surface area contributed by atoms with Gasteiger partial charge in [0.25, 0.3) is 0 Å². The van der Waals surface area contributed by atoms with Crippen LogP contribution in [0.25, 0.3) is 0 Å². The summed E-state index contributed by atoms with van der Waals surface area (Å²) in [6, 6.07) is 0. The van der Waals surface area contributed by atoms with Crippen molar-refractivity contribution in [2.75, 3.05) is 27.4 Å². The first-order chi connectivity index (χ1) is 39.8. The average molecular weight is 1150 g/mol. The lowest BCUT2D eigenvalue weighted by Gasteiger charge is -2.19. The number of esters is 6. The predicted molar refractivity (Wildman–Crippen MR) is 328 cm³/mol. The molecule has 0 aromatic heterocycles. The van der Waals surface area contributed by atoms with Gasteiger partial charge in [0, 0.05) is 43.2 Å². The first-order valence-corrected chi connectivity index (χ1v) is 33.2. The zero-order valence-electron chi connectivity index (χ0n) is 53.1. The topological polar surface area (TPSA) is 167 Å². The summed E-state index contributed by atoms with van der Waals surface area (Å²) in [6.45, 7) is 10.2. The molecular formula is C69H116O13. The van der Waals surface area contributed by atoms with Crippen LogP contribution in [-0.4, -0.2) is 69.4 Å². The Morgan fingerprint density at radius 2 is 0.927 bits per heavy atom.